The van der Waals surface area contributed by atoms with Crippen LogP contribution in [0.4, 0.5) is 46.3 Å². The summed E-state index contributed by atoms with van der Waals surface area (Å²) in [4.78, 5) is 50.7. The van der Waals surface area contributed by atoms with Crippen molar-refractivity contribution in [1.82, 2.24) is 20.3 Å². The summed E-state index contributed by atoms with van der Waals surface area (Å²) >= 11 is 1.13. The number of nitrogens with one attached hydrogen (secondary N) is 3. The second kappa shape index (κ2) is 13.8. The number of thioether (sulfide) groups is 1. The molecule has 1 aliphatic heterocycles. The Labute approximate surface area is 280 Å². The van der Waals surface area contributed by atoms with E-state index in [2.05, 4.69) is 35.9 Å². The van der Waals surface area contributed by atoms with Crippen LogP contribution in [0.3, 0.4) is 0 Å². The molecule has 5 aromatic rings. The highest BCUT2D eigenvalue weighted by Crippen LogP contribution is 2.42. The van der Waals surface area contributed by atoms with E-state index in [9.17, 15) is 35.4 Å². The van der Waals surface area contributed by atoms with Gasteiger partial charge in [0.05, 0.1) is 20.0 Å². The fourth-order valence-corrected chi connectivity index (χ4v) is 5.80. The first-order valence-corrected chi connectivity index (χ1v) is 15.1. The van der Waals surface area contributed by atoms with Crippen molar-refractivity contribution in [1.29, 1.82) is 0 Å². The molecule has 1 unspecified atom stereocenters. The average Bonchev–Trinajstić information content (AvgIpc) is 3.08. The highest BCUT2D eigenvalue weighted by molar-refractivity contribution is 8.14. The number of hydrogen-bond donors (Lipinski definition) is 4. The van der Waals surface area contributed by atoms with Gasteiger partial charge in [-0.1, -0.05) is 54.2 Å². The van der Waals surface area contributed by atoms with E-state index in [0.29, 0.717) is 16.8 Å². The number of aliphatic imine (C=N–C) groups is 1. The van der Waals surface area contributed by atoms with Crippen LogP contribution in [-0.2, 0) is 0 Å². The fourth-order valence-electron chi connectivity index (χ4n) is 4.72. The van der Waals surface area contributed by atoms with Crippen molar-refractivity contribution in [3.05, 3.63) is 145 Å². The zero-order chi connectivity index (χ0) is 34.5. The van der Waals surface area contributed by atoms with Gasteiger partial charge in [0.1, 0.15) is 5.75 Å². The van der Waals surface area contributed by atoms with E-state index in [1.165, 1.54) is 48.5 Å². The summed E-state index contributed by atoms with van der Waals surface area (Å²) in [5, 5.41) is 53.7. The van der Waals surface area contributed by atoms with Gasteiger partial charge >= 0.3 is 0 Å². The van der Waals surface area contributed by atoms with Gasteiger partial charge in [0.15, 0.2) is 5.17 Å². The number of non-ortho nitro benzene ring substituents is 2. The number of nitro groups is 3. The number of amidine groups is 1. The summed E-state index contributed by atoms with van der Waals surface area (Å²) < 4.78 is 0. The first kappa shape index (κ1) is 32.0. The summed E-state index contributed by atoms with van der Waals surface area (Å²) in [5.41, 5.74) is 1.31. The third kappa shape index (κ3) is 7.55. The van der Waals surface area contributed by atoms with Crippen LogP contribution in [0.15, 0.2) is 108 Å². The Balaban J connectivity index is 1.43. The summed E-state index contributed by atoms with van der Waals surface area (Å²) in [6.07, 6.45) is 1.74. The Bertz CT molecular complexity index is 2100. The predicted molar refractivity (Wildman–Crippen MR) is 182 cm³/mol. The van der Waals surface area contributed by atoms with Gasteiger partial charge in [-0.25, -0.2) is 0 Å². The number of nitro benzene ring substituents is 3. The number of rotatable bonds is 10. The second-order valence-corrected chi connectivity index (χ2v) is 11.3. The fraction of sp³-hybridized carbons (Fsp3) is 0.0323. The lowest BCUT2D eigenvalue weighted by Gasteiger charge is -2.24. The van der Waals surface area contributed by atoms with E-state index >= 15 is 0 Å². The van der Waals surface area contributed by atoms with Gasteiger partial charge in [-0.05, 0) is 30.3 Å². The van der Waals surface area contributed by atoms with E-state index < -0.39 is 20.0 Å². The van der Waals surface area contributed by atoms with Gasteiger partial charge in [-0.15, -0.1) is 0 Å². The zero-order valence-electron chi connectivity index (χ0n) is 24.8. The molecule has 1 aliphatic rings. The second-order valence-electron chi connectivity index (χ2n) is 10.1. The topological polar surface area (TPSA) is 237 Å². The minimum atomic E-state index is -0.636. The normalized spacial score (nSPS) is 14.7. The van der Waals surface area contributed by atoms with Gasteiger partial charge < -0.3 is 21.1 Å². The molecule has 49 heavy (non-hydrogen) atoms. The van der Waals surface area contributed by atoms with Gasteiger partial charge in [-0.3, -0.25) is 30.3 Å². The first-order chi connectivity index (χ1) is 23.6. The highest BCUT2D eigenvalue weighted by atomic mass is 32.2. The van der Waals surface area contributed by atoms with Gasteiger partial charge in [-0.2, -0.15) is 19.9 Å². The molecule has 1 aromatic heterocycles. The number of phenols is 1. The molecule has 0 bridgehead atoms. The molecule has 0 fully saturated rings. The number of aromatic nitrogens is 3. The lowest BCUT2D eigenvalue weighted by Crippen LogP contribution is -2.24. The van der Waals surface area contributed by atoms with E-state index in [1.54, 1.807) is 54.6 Å². The maximum absolute atomic E-state index is 11.9. The monoisotopic (exact) mass is 678 g/mol. The largest absolute Gasteiger partial charge is 0.507 e. The molecule has 4 N–H and O–H groups in total. The minimum Gasteiger partial charge on any atom is -0.507 e. The molecule has 0 radical (unpaired) electrons. The Morgan fingerprint density at radius 2 is 1.33 bits per heavy atom. The highest BCUT2D eigenvalue weighted by Gasteiger charge is 2.28. The molecule has 17 nitrogen and oxygen atoms in total. The van der Waals surface area contributed by atoms with Gasteiger partial charge in [0.25, 0.3) is 23.0 Å². The third-order valence-electron chi connectivity index (χ3n) is 6.88. The van der Waals surface area contributed by atoms with Crippen molar-refractivity contribution in [2.24, 2.45) is 4.99 Å². The van der Waals surface area contributed by atoms with Crippen LogP contribution in [0.1, 0.15) is 16.4 Å². The van der Waals surface area contributed by atoms with Crippen LogP contribution in [-0.4, -0.2) is 40.0 Å². The molecule has 244 valence electrons. The number of hydrogen-bond acceptors (Lipinski definition) is 14. The van der Waals surface area contributed by atoms with Crippen LogP contribution in [0.5, 0.6) is 5.75 Å². The van der Waals surface area contributed by atoms with Crippen molar-refractivity contribution in [3.63, 3.8) is 0 Å². The van der Waals surface area contributed by atoms with E-state index in [1.807, 2.05) is 0 Å². The Morgan fingerprint density at radius 1 is 0.735 bits per heavy atom. The molecule has 0 amide bonds. The summed E-state index contributed by atoms with van der Waals surface area (Å²) in [6, 6.07) is 24.1. The van der Waals surface area contributed by atoms with Crippen molar-refractivity contribution in [2.45, 2.75) is 5.25 Å². The van der Waals surface area contributed by atoms with Crippen molar-refractivity contribution in [2.75, 3.05) is 10.6 Å². The van der Waals surface area contributed by atoms with Crippen LogP contribution in [0.25, 0.3) is 5.70 Å². The molecule has 6 rings (SSSR count). The van der Waals surface area contributed by atoms with Crippen LogP contribution in [0, 0.1) is 30.3 Å². The number of para-hydroxylation sites is 2. The molecule has 4 aromatic carbocycles. The lowest BCUT2D eigenvalue weighted by molar-refractivity contribution is -0.385. The molecular weight excluding hydrogens is 656 g/mol. The van der Waals surface area contributed by atoms with Crippen LogP contribution >= 0.6 is 11.8 Å². The molecule has 0 spiro atoms. The maximum Gasteiger partial charge on any atom is 0.274 e. The Hall–Kier alpha value is -6.95. The SMILES string of the molecule is O=[N+]([O-])c1cccc(Nc2nc(/N=C3/NC(c4ccccc4O)=CC(c4ccccc4[N+](=O)[O-])S3)nc(Nc3cccc([N+](=O)[O-])c3)n2)c1. The molecule has 18 heteroatoms. The van der Waals surface area contributed by atoms with Crippen molar-refractivity contribution < 1.29 is 19.9 Å². The number of aromatic hydroxyl groups is 1. The van der Waals surface area contributed by atoms with E-state index in [-0.39, 0.29) is 57.2 Å². The lowest BCUT2D eigenvalue weighted by atomic mass is 10.0. The standard InChI is InChI=1S/C31H22N10O7S/c42-26-14-4-2-11-22(26)24-17-27(23-12-1-3-13-25(23)41(47)48)49-31(34-24)38-30-36-28(32-18-7-5-9-20(15-18)39(43)44)35-29(37-30)33-19-8-6-10-21(16-19)40(45)46/h1-17,27,42H,(H3,32,33,34,35,36,37,38). The summed E-state index contributed by atoms with van der Waals surface area (Å²) in [7, 11) is 0. The predicted octanol–water partition coefficient (Wildman–Crippen LogP) is 6.90. The number of phenolic OH excluding ortho intramolecular Hbond substituents is 1. The number of benzene rings is 4. The van der Waals surface area contributed by atoms with Gasteiger partial charge in [0.2, 0.25) is 11.9 Å². The number of nitrogens with zero attached hydrogens (tertiary/aromatic N) is 7. The molecule has 0 saturated heterocycles. The zero-order valence-corrected chi connectivity index (χ0v) is 25.6. The maximum atomic E-state index is 11.9. The molecular formula is C31H22N10O7S. The average molecular weight is 679 g/mol. The summed E-state index contributed by atoms with van der Waals surface area (Å²) in [6.45, 7) is 0. The third-order valence-corrected chi connectivity index (χ3v) is 7.94. The minimum absolute atomic E-state index is 0.0409. The van der Waals surface area contributed by atoms with Crippen molar-refractivity contribution in [3.8, 4) is 5.75 Å². The first-order valence-electron chi connectivity index (χ1n) is 14.2. The van der Waals surface area contributed by atoms with Crippen LogP contribution < -0.4 is 16.0 Å². The number of anilines is 4. The molecule has 0 aliphatic carbocycles. The van der Waals surface area contributed by atoms with Gasteiger partial charge in [0, 0.05) is 58.5 Å². The van der Waals surface area contributed by atoms with Crippen molar-refractivity contribution >= 4 is 68.9 Å². The smallest absolute Gasteiger partial charge is 0.274 e. The molecule has 0 saturated carbocycles. The summed E-state index contributed by atoms with van der Waals surface area (Å²) in [5.74, 6) is -0.350. The Kier molecular flexibility index (Phi) is 9.02. The van der Waals surface area contributed by atoms with Crippen LogP contribution in [0.2, 0.25) is 0 Å². The quantitative estimate of drug-likeness (QED) is 0.0869. The molecule has 1 atom stereocenters. The van der Waals surface area contributed by atoms with E-state index in [4.69, 9.17) is 0 Å². The Morgan fingerprint density at radius 3 is 1.92 bits per heavy atom. The van der Waals surface area contributed by atoms with E-state index in [0.717, 1.165) is 11.8 Å². The molecule has 2 heterocycles.